The van der Waals surface area contributed by atoms with Gasteiger partial charge in [-0.2, -0.15) is 0 Å². The SMILES string of the molecule is Cc1ccc(C[C@H](N)C(=O)NC2CCCC[C@H]3CC[C@@H](C(=O)C[C@@H](CCC(N)=O)C(=O)NCc4ccccc4)N3C2=O)cc1. The van der Waals surface area contributed by atoms with Crippen LogP contribution in [0.1, 0.15) is 74.5 Å². The molecule has 2 fully saturated rings. The highest BCUT2D eigenvalue weighted by Crippen LogP contribution is 2.33. The highest BCUT2D eigenvalue weighted by molar-refractivity contribution is 5.96. The molecule has 2 heterocycles. The molecule has 2 aromatic carbocycles. The monoisotopic (exact) mass is 603 g/mol. The Kier molecular flexibility index (Phi) is 11.7. The second kappa shape index (κ2) is 15.6. The number of ketones is 1. The van der Waals surface area contributed by atoms with Crippen molar-refractivity contribution in [3.8, 4) is 0 Å². The smallest absolute Gasteiger partial charge is 0.246 e. The second-order valence-electron chi connectivity index (χ2n) is 12.2. The zero-order valence-corrected chi connectivity index (χ0v) is 25.5. The summed E-state index contributed by atoms with van der Waals surface area (Å²) in [6, 6.07) is 14.8. The van der Waals surface area contributed by atoms with Crippen LogP contribution >= 0.6 is 0 Å². The Morgan fingerprint density at radius 2 is 1.61 bits per heavy atom. The summed E-state index contributed by atoms with van der Waals surface area (Å²) in [5.41, 5.74) is 14.6. The van der Waals surface area contributed by atoms with E-state index in [1.165, 1.54) is 0 Å². The van der Waals surface area contributed by atoms with Crippen molar-refractivity contribution in [1.29, 1.82) is 0 Å². The number of nitrogens with zero attached hydrogens (tertiary/aromatic N) is 1. The minimum atomic E-state index is -0.817. The lowest BCUT2D eigenvalue weighted by atomic mass is 9.92. The fourth-order valence-electron chi connectivity index (χ4n) is 6.28. The average Bonchev–Trinajstić information content (AvgIpc) is 3.43. The number of carbonyl (C=O) groups excluding carboxylic acids is 5. The summed E-state index contributed by atoms with van der Waals surface area (Å²) in [5.74, 6) is -2.51. The number of hydrogen-bond donors (Lipinski definition) is 4. The summed E-state index contributed by atoms with van der Waals surface area (Å²) >= 11 is 0. The molecule has 0 bridgehead atoms. The molecule has 2 aliphatic heterocycles. The Morgan fingerprint density at radius 1 is 0.909 bits per heavy atom. The normalized spacial score (nSPS) is 21.4. The number of primary amides is 1. The maximum Gasteiger partial charge on any atom is 0.246 e. The first-order chi connectivity index (χ1) is 21.1. The molecule has 4 rings (SSSR count). The molecule has 6 N–H and O–H groups in total. The molecule has 44 heavy (non-hydrogen) atoms. The fourth-order valence-corrected chi connectivity index (χ4v) is 6.28. The fraction of sp³-hybridized carbons (Fsp3) is 0.500. The molecule has 0 aromatic heterocycles. The highest BCUT2D eigenvalue weighted by atomic mass is 16.2. The van der Waals surface area contributed by atoms with Crippen LogP contribution in [0.25, 0.3) is 0 Å². The lowest BCUT2D eigenvalue weighted by Gasteiger charge is -2.35. The largest absolute Gasteiger partial charge is 0.370 e. The summed E-state index contributed by atoms with van der Waals surface area (Å²) < 4.78 is 0. The van der Waals surface area contributed by atoms with Gasteiger partial charge in [0, 0.05) is 31.3 Å². The molecule has 0 saturated carbocycles. The Bertz CT molecular complexity index is 1320. The van der Waals surface area contributed by atoms with E-state index in [1.54, 1.807) is 4.90 Å². The van der Waals surface area contributed by atoms with Crippen molar-refractivity contribution in [2.45, 2.75) is 102 Å². The first kappa shape index (κ1) is 32.9. The Morgan fingerprint density at radius 3 is 2.32 bits per heavy atom. The molecule has 1 unspecified atom stereocenters. The van der Waals surface area contributed by atoms with Gasteiger partial charge in [-0.05, 0) is 56.6 Å². The highest BCUT2D eigenvalue weighted by Gasteiger charge is 2.44. The van der Waals surface area contributed by atoms with Gasteiger partial charge in [-0.15, -0.1) is 0 Å². The van der Waals surface area contributed by atoms with E-state index in [1.807, 2.05) is 61.5 Å². The molecule has 236 valence electrons. The van der Waals surface area contributed by atoms with Crippen LogP contribution in [0.5, 0.6) is 0 Å². The van der Waals surface area contributed by atoms with Crippen molar-refractivity contribution in [2.75, 3.05) is 0 Å². The first-order valence-electron chi connectivity index (χ1n) is 15.7. The lowest BCUT2D eigenvalue weighted by molar-refractivity contribution is -0.144. The van der Waals surface area contributed by atoms with E-state index in [0.717, 1.165) is 36.0 Å². The molecule has 10 nitrogen and oxygen atoms in total. The zero-order chi connectivity index (χ0) is 31.6. The molecule has 10 heteroatoms. The van der Waals surface area contributed by atoms with Crippen LogP contribution in [-0.4, -0.2) is 58.5 Å². The Balaban J connectivity index is 1.42. The van der Waals surface area contributed by atoms with E-state index >= 15 is 0 Å². The van der Waals surface area contributed by atoms with Crippen molar-refractivity contribution >= 4 is 29.4 Å². The van der Waals surface area contributed by atoms with E-state index in [9.17, 15) is 24.0 Å². The van der Waals surface area contributed by atoms with E-state index in [-0.39, 0.29) is 42.9 Å². The predicted octanol–water partition coefficient (Wildman–Crippen LogP) is 2.44. The van der Waals surface area contributed by atoms with Gasteiger partial charge in [0.2, 0.25) is 23.6 Å². The molecule has 0 radical (unpaired) electrons. The van der Waals surface area contributed by atoms with E-state index in [4.69, 9.17) is 11.5 Å². The lowest BCUT2D eigenvalue weighted by Crippen LogP contribution is -2.57. The number of amides is 4. The van der Waals surface area contributed by atoms with Crippen LogP contribution in [-0.2, 0) is 36.9 Å². The third-order valence-electron chi connectivity index (χ3n) is 8.80. The molecular weight excluding hydrogens is 558 g/mol. The molecule has 5 atom stereocenters. The van der Waals surface area contributed by atoms with Gasteiger partial charge < -0.3 is 27.0 Å². The standard InChI is InChI=1S/C34H45N5O5/c1-22-11-13-23(14-12-22)19-27(35)33(43)38-28-10-6-5-9-26-16-17-29(39(26)34(28)44)30(40)20-25(15-18-31(36)41)32(42)37-21-24-7-3-2-4-8-24/h2-4,7-8,11-14,25-29H,5-6,9-10,15-21,35H2,1H3,(H2,36,41)(H,37,42)(H,38,43)/t25-,26+,27+,28?,29+/m1/s1. The van der Waals surface area contributed by atoms with E-state index < -0.39 is 35.9 Å². The molecule has 0 aliphatic carbocycles. The number of nitrogens with two attached hydrogens (primary N) is 2. The number of fused-ring (bicyclic) bond motifs is 1. The van der Waals surface area contributed by atoms with Gasteiger partial charge in [0.1, 0.15) is 6.04 Å². The van der Waals surface area contributed by atoms with Crippen LogP contribution in [0.2, 0.25) is 0 Å². The average molecular weight is 604 g/mol. The summed E-state index contributed by atoms with van der Waals surface area (Å²) in [5, 5.41) is 5.76. The van der Waals surface area contributed by atoms with E-state index in [2.05, 4.69) is 10.6 Å². The third-order valence-corrected chi connectivity index (χ3v) is 8.80. The minimum absolute atomic E-state index is 0.0242. The zero-order valence-electron chi connectivity index (χ0n) is 25.5. The number of benzene rings is 2. The van der Waals surface area contributed by atoms with Crippen molar-refractivity contribution in [2.24, 2.45) is 17.4 Å². The van der Waals surface area contributed by atoms with Crippen LogP contribution in [0, 0.1) is 12.8 Å². The number of Topliss-reactive ketones (excluding diaryl/α,β-unsaturated/α-hetero) is 1. The second-order valence-corrected chi connectivity index (χ2v) is 12.2. The molecule has 2 aromatic rings. The van der Waals surface area contributed by atoms with E-state index in [0.29, 0.717) is 32.2 Å². The minimum Gasteiger partial charge on any atom is -0.370 e. The maximum atomic E-state index is 13.9. The van der Waals surface area contributed by atoms with Gasteiger partial charge in [-0.25, -0.2) is 0 Å². The number of aryl methyl sites for hydroxylation is 1. The van der Waals surface area contributed by atoms with Crippen molar-refractivity contribution < 1.29 is 24.0 Å². The summed E-state index contributed by atoms with van der Waals surface area (Å²) in [6.07, 6.45) is 4.45. The van der Waals surface area contributed by atoms with Gasteiger partial charge in [-0.3, -0.25) is 24.0 Å². The Hall–Kier alpha value is -4.05. The topological polar surface area (TPSA) is 165 Å². The van der Waals surface area contributed by atoms with Crippen molar-refractivity contribution in [1.82, 2.24) is 15.5 Å². The third kappa shape index (κ3) is 8.98. The van der Waals surface area contributed by atoms with Crippen LogP contribution in [0.4, 0.5) is 0 Å². The van der Waals surface area contributed by atoms with Crippen LogP contribution in [0.15, 0.2) is 54.6 Å². The Labute approximate surface area is 259 Å². The number of nitrogens with one attached hydrogen (secondary N) is 2. The predicted molar refractivity (Wildman–Crippen MR) is 167 cm³/mol. The summed E-state index contributed by atoms with van der Waals surface area (Å²) in [6.45, 7) is 2.28. The van der Waals surface area contributed by atoms with Crippen LogP contribution in [0.3, 0.4) is 0 Å². The van der Waals surface area contributed by atoms with Gasteiger partial charge in [-0.1, -0.05) is 73.0 Å². The number of carbonyl (C=O) groups is 5. The van der Waals surface area contributed by atoms with Gasteiger partial charge in [0.05, 0.1) is 12.1 Å². The molecular formula is C34H45N5O5. The van der Waals surface area contributed by atoms with Crippen molar-refractivity contribution in [3.05, 3.63) is 71.3 Å². The van der Waals surface area contributed by atoms with Crippen LogP contribution < -0.4 is 22.1 Å². The quantitative estimate of drug-likeness (QED) is 0.275. The van der Waals surface area contributed by atoms with Gasteiger partial charge in [0.25, 0.3) is 0 Å². The molecule has 2 aliphatic rings. The molecule has 0 spiro atoms. The maximum absolute atomic E-state index is 13.9. The number of hydrogen-bond acceptors (Lipinski definition) is 6. The van der Waals surface area contributed by atoms with Crippen molar-refractivity contribution in [3.63, 3.8) is 0 Å². The molecule has 4 amide bonds. The summed E-state index contributed by atoms with van der Waals surface area (Å²) in [4.78, 5) is 67.1. The number of rotatable bonds is 13. The summed E-state index contributed by atoms with van der Waals surface area (Å²) in [7, 11) is 0. The molecule has 2 saturated heterocycles. The first-order valence-corrected chi connectivity index (χ1v) is 15.7. The van der Waals surface area contributed by atoms with Gasteiger partial charge in [0.15, 0.2) is 5.78 Å². The van der Waals surface area contributed by atoms with Gasteiger partial charge >= 0.3 is 0 Å².